The van der Waals surface area contributed by atoms with Gasteiger partial charge < -0.3 is 4.74 Å². The number of amides is 1. The maximum Gasteiger partial charge on any atom is 0.425 e. The van der Waals surface area contributed by atoms with Crippen LogP contribution in [-0.4, -0.2) is 18.5 Å². The highest BCUT2D eigenvalue weighted by atomic mass is 19.1. The number of halogens is 1. The van der Waals surface area contributed by atoms with E-state index in [9.17, 15) is 9.18 Å². The van der Waals surface area contributed by atoms with Crippen LogP contribution < -0.4 is 10.9 Å². The van der Waals surface area contributed by atoms with Crippen molar-refractivity contribution in [2.45, 2.75) is 25.8 Å². The lowest BCUT2D eigenvalue weighted by atomic mass is 10.1. The fourth-order valence-corrected chi connectivity index (χ4v) is 1.90. The third-order valence-electron chi connectivity index (χ3n) is 2.81. The molecule has 2 rings (SSSR count). The highest BCUT2D eigenvalue weighted by Crippen LogP contribution is 2.28. The molecule has 2 N–H and O–H groups in total. The van der Waals surface area contributed by atoms with Crippen LogP contribution in [0, 0.1) is 5.82 Å². The summed E-state index contributed by atoms with van der Waals surface area (Å²) in [4.78, 5) is 15.5. The first-order valence-corrected chi connectivity index (χ1v) is 6.20. The van der Waals surface area contributed by atoms with Crippen molar-refractivity contribution in [2.75, 3.05) is 6.61 Å². The average Bonchev–Trinajstić information content (AvgIpc) is 2.86. The van der Waals surface area contributed by atoms with Gasteiger partial charge in [-0.3, -0.25) is 10.4 Å². The summed E-state index contributed by atoms with van der Waals surface area (Å²) in [6, 6.07) is 6.31. The quantitative estimate of drug-likeness (QED) is 0.807. The number of aliphatic imine (C=N–C) groups is 1. The van der Waals surface area contributed by atoms with E-state index in [0.717, 1.165) is 18.4 Å². The Morgan fingerprint density at radius 3 is 2.89 bits per heavy atom. The summed E-state index contributed by atoms with van der Waals surface area (Å²) in [5.41, 5.74) is 6.10. The van der Waals surface area contributed by atoms with Crippen LogP contribution in [0.1, 0.15) is 31.4 Å². The Bertz CT molecular complexity index is 473. The van der Waals surface area contributed by atoms with Crippen molar-refractivity contribution in [3.05, 3.63) is 35.6 Å². The van der Waals surface area contributed by atoms with Gasteiger partial charge in [0.2, 0.25) is 0 Å². The van der Waals surface area contributed by atoms with Crippen molar-refractivity contribution in [1.82, 2.24) is 10.9 Å². The molecule has 1 aromatic carbocycles. The molecule has 1 heterocycles. The molecular formula is C13H16FN3O2. The Morgan fingerprint density at radius 1 is 1.47 bits per heavy atom. The minimum absolute atomic E-state index is 0.00657. The molecule has 1 aliphatic heterocycles. The van der Waals surface area contributed by atoms with Crippen molar-refractivity contribution >= 4 is 11.9 Å². The lowest BCUT2D eigenvalue weighted by molar-refractivity contribution is 0.150. The van der Waals surface area contributed by atoms with E-state index in [0.29, 0.717) is 12.4 Å². The van der Waals surface area contributed by atoms with Crippen molar-refractivity contribution in [1.29, 1.82) is 0 Å². The first-order chi connectivity index (χ1) is 9.19. The van der Waals surface area contributed by atoms with Crippen LogP contribution in [0.5, 0.6) is 0 Å². The molecule has 5 nitrogen and oxygen atoms in total. The number of ether oxygens (including phenoxy) is 1. The number of hydrogen-bond acceptors (Lipinski definition) is 4. The van der Waals surface area contributed by atoms with Crippen molar-refractivity contribution < 1.29 is 13.9 Å². The Labute approximate surface area is 110 Å². The molecule has 0 spiro atoms. The predicted molar refractivity (Wildman–Crippen MR) is 69.1 cm³/mol. The number of nitrogens with zero attached hydrogens (tertiary/aromatic N) is 1. The number of amidine groups is 1. The zero-order valence-electron chi connectivity index (χ0n) is 10.6. The lowest BCUT2D eigenvalue weighted by Crippen LogP contribution is -2.41. The minimum atomic E-state index is -0.532. The number of hydrazine groups is 1. The average molecular weight is 265 g/mol. The van der Waals surface area contributed by atoms with Gasteiger partial charge in [0.15, 0.2) is 0 Å². The third-order valence-corrected chi connectivity index (χ3v) is 2.81. The molecule has 0 radical (unpaired) electrons. The zero-order valence-corrected chi connectivity index (χ0v) is 10.6. The molecule has 0 fully saturated rings. The number of nitrogens with one attached hydrogen (secondary N) is 2. The van der Waals surface area contributed by atoms with E-state index in [4.69, 9.17) is 4.74 Å². The summed E-state index contributed by atoms with van der Waals surface area (Å²) < 4.78 is 17.5. The summed E-state index contributed by atoms with van der Waals surface area (Å²) >= 11 is 0. The number of carbonyl (C=O) groups is 1. The summed E-state index contributed by atoms with van der Waals surface area (Å²) in [5, 5.41) is 0. The molecule has 1 aromatic rings. The Morgan fingerprint density at radius 2 is 2.21 bits per heavy atom. The normalized spacial score (nSPS) is 17.8. The molecule has 102 valence electrons. The van der Waals surface area contributed by atoms with Crippen molar-refractivity contribution in [3.63, 3.8) is 0 Å². The van der Waals surface area contributed by atoms with Crippen LogP contribution in [-0.2, 0) is 4.74 Å². The number of benzene rings is 1. The second-order valence-electron chi connectivity index (χ2n) is 4.15. The molecule has 6 heteroatoms. The monoisotopic (exact) mass is 265 g/mol. The molecular weight excluding hydrogens is 249 g/mol. The van der Waals surface area contributed by atoms with E-state index < -0.39 is 6.09 Å². The van der Waals surface area contributed by atoms with Crippen LogP contribution in [0.25, 0.3) is 0 Å². The van der Waals surface area contributed by atoms with Gasteiger partial charge in [-0.15, -0.1) is 0 Å². The summed E-state index contributed by atoms with van der Waals surface area (Å²) in [6.45, 7) is 2.05. The molecule has 1 unspecified atom stereocenters. The summed E-state index contributed by atoms with van der Waals surface area (Å²) in [7, 11) is 0. The van der Waals surface area contributed by atoms with Gasteiger partial charge in [0.1, 0.15) is 11.7 Å². The van der Waals surface area contributed by atoms with Gasteiger partial charge in [-0.2, -0.15) is 0 Å². The molecule has 1 amide bonds. The van der Waals surface area contributed by atoms with E-state index in [1.165, 1.54) is 12.1 Å². The van der Waals surface area contributed by atoms with Crippen LogP contribution in [0.3, 0.4) is 0 Å². The topological polar surface area (TPSA) is 62.7 Å². The zero-order chi connectivity index (χ0) is 13.7. The lowest BCUT2D eigenvalue weighted by Gasteiger charge is -2.07. The van der Waals surface area contributed by atoms with Crippen LogP contribution >= 0.6 is 0 Å². The smallest absolute Gasteiger partial charge is 0.425 e. The second kappa shape index (κ2) is 6.17. The first kappa shape index (κ1) is 13.3. The molecule has 0 saturated carbocycles. The number of rotatable bonds is 2. The molecule has 0 saturated heterocycles. The van der Waals surface area contributed by atoms with Crippen molar-refractivity contribution in [2.24, 2.45) is 4.99 Å². The minimum Gasteiger partial charge on any atom is -0.449 e. The molecule has 0 bridgehead atoms. The van der Waals surface area contributed by atoms with E-state index in [1.54, 1.807) is 19.1 Å². The van der Waals surface area contributed by atoms with Gasteiger partial charge in [-0.05, 0) is 31.0 Å². The van der Waals surface area contributed by atoms with Gasteiger partial charge >= 0.3 is 6.09 Å². The maximum absolute atomic E-state index is 12.8. The highest BCUT2D eigenvalue weighted by molar-refractivity contribution is 5.85. The van der Waals surface area contributed by atoms with Crippen LogP contribution in [0.2, 0.25) is 0 Å². The summed E-state index contributed by atoms with van der Waals surface area (Å²) in [5.74, 6) is 0.440. The Balaban J connectivity index is 1.90. The SMILES string of the molecule is CCOC(=O)NNC1=NC(c2ccc(F)cc2)CC1. The predicted octanol–water partition coefficient (Wildman–Crippen LogP) is 2.31. The first-order valence-electron chi connectivity index (χ1n) is 6.20. The van der Waals surface area contributed by atoms with E-state index in [-0.39, 0.29) is 11.9 Å². The molecule has 1 atom stereocenters. The Kier molecular flexibility index (Phi) is 4.33. The van der Waals surface area contributed by atoms with Crippen LogP contribution in [0.15, 0.2) is 29.3 Å². The molecule has 0 aliphatic carbocycles. The molecule has 19 heavy (non-hydrogen) atoms. The number of hydrogen-bond donors (Lipinski definition) is 2. The fraction of sp³-hybridized carbons (Fsp3) is 0.385. The van der Waals surface area contributed by atoms with Gasteiger partial charge in [0.25, 0.3) is 0 Å². The number of carbonyl (C=O) groups excluding carboxylic acids is 1. The maximum atomic E-state index is 12.8. The van der Waals surface area contributed by atoms with Crippen molar-refractivity contribution in [3.8, 4) is 0 Å². The van der Waals surface area contributed by atoms with Gasteiger partial charge in [0, 0.05) is 6.42 Å². The van der Waals surface area contributed by atoms with Gasteiger partial charge in [0.05, 0.1) is 12.6 Å². The van der Waals surface area contributed by atoms with E-state index in [2.05, 4.69) is 15.8 Å². The van der Waals surface area contributed by atoms with E-state index in [1.807, 2.05) is 0 Å². The molecule has 0 aromatic heterocycles. The Hall–Kier alpha value is -2.11. The second-order valence-corrected chi connectivity index (χ2v) is 4.15. The van der Waals surface area contributed by atoms with Gasteiger partial charge in [-0.1, -0.05) is 12.1 Å². The fourth-order valence-electron chi connectivity index (χ4n) is 1.90. The van der Waals surface area contributed by atoms with E-state index >= 15 is 0 Å². The van der Waals surface area contributed by atoms with Gasteiger partial charge in [-0.25, -0.2) is 14.6 Å². The summed E-state index contributed by atoms with van der Waals surface area (Å²) in [6.07, 6.45) is 1.03. The largest absolute Gasteiger partial charge is 0.449 e. The highest BCUT2D eigenvalue weighted by Gasteiger charge is 2.19. The molecule has 1 aliphatic rings. The standard InChI is InChI=1S/C13H16FN3O2/c1-2-19-13(18)17-16-12-8-7-11(15-12)9-3-5-10(14)6-4-9/h3-6,11H,2,7-8H2,1H3,(H,15,16)(H,17,18). The third kappa shape index (κ3) is 3.67. The van der Waals surface area contributed by atoms with Crippen LogP contribution in [0.4, 0.5) is 9.18 Å².